The van der Waals surface area contributed by atoms with Crippen LogP contribution in [0.2, 0.25) is 0 Å². The second kappa shape index (κ2) is 8.39. The molecule has 1 saturated heterocycles. The Hall–Kier alpha value is -1.61. The van der Waals surface area contributed by atoms with Crippen LogP contribution in [-0.2, 0) is 14.8 Å². The van der Waals surface area contributed by atoms with Crippen LogP contribution in [0.5, 0.6) is 0 Å². The molecule has 8 heteroatoms. The molecule has 0 unspecified atom stereocenters. The number of carbonyl (C=O) groups excluding carboxylic acids is 1. The molecule has 0 bridgehead atoms. The van der Waals surface area contributed by atoms with Crippen LogP contribution in [0.1, 0.15) is 5.56 Å². The lowest BCUT2D eigenvalue weighted by Crippen LogP contribution is -2.50. The molecule has 0 radical (unpaired) electrons. The van der Waals surface area contributed by atoms with Crippen LogP contribution in [0.25, 0.3) is 6.08 Å². The van der Waals surface area contributed by atoms with Gasteiger partial charge < -0.3 is 4.90 Å². The molecule has 1 aromatic heterocycles. The number of hydrogen-bond acceptors (Lipinski definition) is 5. The van der Waals surface area contributed by atoms with Crippen molar-refractivity contribution in [2.24, 2.45) is 0 Å². The number of nitrogens with zero attached hydrogens (tertiary/aromatic N) is 2. The molecule has 138 valence electrons. The van der Waals surface area contributed by atoms with E-state index in [1.165, 1.54) is 20.5 Å². The van der Waals surface area contributed by atoms with Crippen molar-refractivity contribution in [1.82, 2.24) is 9.21 Å². The van der Waals surface area contributed by atoms with Gasteiger partial charge in [-0.1, -0.05) is 18.2 Å². The molecule has 0 spiro atoms. The first-order valence-electron chi connectivity index (χ1n) is 8.15. The Balaban J connectivity index is 1.57. The summed E-state index contributed by atoms with van der Waals surface area (Å²) in [5, 5.41) is 1.75. The summed E-state index contributed by atoms with van der Waals surface area (Å²) < 4.78 is 26.8. The van der Waals surface area contributed by atoms with Crippen molar-refractivity contribution in [1.29, 1.82) is 0 Å². The van der Waals surface area contributed by atoms with Gasteiger partial charge in [-0.2, -0.15) is 4.31 Å². The molecule has 1 aliphatic rings. The molecule has 2 heterocycles. The number of thiophene rings is 1. The summed E-state index contributed by atoms with van der Waals surface area (Å²) in [5.41, 5.74) is 0.968. The molecule has 5 nitrogen and oxygen atoms in total. The SMILES string of the molecule is CSc1ccc(/C=C/C(=O)N2CCN(S(=O)(=O)c3cccs3)CC2)cc1. The highest BCUT2D eigenvalue weighted by Crippen LogP contribution is 2.22. The number of benzene rings is 1. The average molecular weight is 409 g/mol. The summed E-state index contributed by atoms with van der Waals surface area (Å²) in [5.74, 6) is -0.0906. The van der Waals surface area contributed by atoms with Gasteiger partial charge in [-0.3, -0.25) is 4.79 Å². The molecule has 3 rings (SSSR count). The zero-order chi connectivity index (χ0) is 18.6. The third-order valence-electron chi connectivity index (χ3n) is 4.17. The molecule has 2 aromatic rings. The second-order valence-corrected chi connectivity index (χ2v) is 9.76. The molecular weight excluding hydrogens is 388 g/mol. The topological polar surface area (TPSA) is 57.7 Å². The molecule has 0 N–H and O–H groups in total. The first-order valence-corrected chi connectivity index (χ1v) is 11.7. The number of carbonyl (C=O) groups is 1. The van der Waals surface area contributed by atoms with E-state index in [0.717, 1.165) is 5.56 Å². The van der Waals surface area contributed by atoms with Gasteiger partial charge in [-0.25, -0.2) is 8.42 Å². The van der Waals surface area contributed by atoms with Gasteiger partial charge in [-0.15, -0.1) is 23.1 Å². The highest BCUT2D eigenvalue weighted by molar-refractivity contribution is 7.98. The number of hydrogen-bond donors (Lipinski definition) is 0. The van der Waals surface area contributed by atoms with Gasteiger partial charge in [0.1, 0.15) is 4.21 Å². The Morgan fingerprint density at radius 3 is 2.38 bits per heavy atom. The van der Waals surface area contributed by atoms with Crippen LogP contribution in [-0.4, -0.2) is 56.0 Å². The third kappa shape index (κ3) is 4.37. The van der Waals surface area contributed by atoms with E-state index in [2.05, 4.69) is 0 Å². The number of rotatable bonds is 5. The van der Waals surface area contributed by atoms with E-state index >= 15 is 0 Å². The molecular formula is C18H20N2O3S3. The lowest BCUT2D eigenvalue weighted by Gasteiger charge is -2.33. The number of thioether (sulfide) groups is 1. The summed E-state index contributed by atoms with van der Waals surface area (Å²) >= 11 is 2.89. The molecule has 1 fully saturated rings. The van der Waals surface area contributed by atoms with Crippen LogP contribution < -0.4 is 0 Å². The number of amides is 1. The molecule has 0 aliphatic carbocycles. The Labute approximate surface area is 162 Å². The maximum Gasteiger partial charge on any atom is 0.252 e. The summed E-state index contributed by atoms with van der Waals surface area (Å²) in [6, 6.07) is 11.3. The maximum atomic E-state index is 12.5. The highest BCUT2D eigenvalue weighted by atomic mass is 32.2. The standard InChI is InChI=1S/C18H20N2O3S3/c1-24-16-7-4-15(5-8-16)6-9-17(21)19-10-12-20(13-11-19)26(22,23)18-3-2-14-25-18/h2-9,14H,10-13H2,1H3/b9-6+. The van der Waals surface area contributed by atoms with E-state index in [0.29, 0.717) is 30.4 Å². The van der Waals surface area contributed by atoms with E-state index < -0.39 is 10.0 Å². The van der Waals surface area contributed by atoms with Crippen LogP contribution in [0.3, 0.4) is 0 Å². The van der Waals surface area contributed by atoms with Crippen molar-refractivity contribution in [2.75, 3.05) is 32.4 Å². The fraction of sp³-hybridized carbons (Fsp3) is 0.278. The Bertz CT molecular complexity index is 867. The molecule has 0 atom stereocenters. The van der Waals surface area contributed by atoms with E-state index in [-0.39, 0.29) is 5.91 Å². The number of piperazine rings is 1. The molecule has 0 saturated carbocycles. The monoisotopic (exact) mass is 408 g/mol. The fourth-order valence-electron chi connectivity index (χ4n) is 2.67. The molecule has 26 heavy (non-hydrogen) atoms. The van der Waals surface area contributed by atoms with Gasteiger partial charge in [-0.05, 0) is 41.5 Å². The summed E-state index contributed by atoms with van der Waals surface area (Å²) in [7, 11) is -3.44. The zero-order valence-electron chi connectivity index (χ0n) is 14.4. The quantitative estimate of drug-likeness (QED) is 0.564. The van der Waals surface area contributed by atoms with Gasteiger partial charge in [0.25, 0.3) is 10.0 Å². The van der Waals surface area contributed by atoms with Gasteiger partial charge in [0, 0.05) is 37.2 Å². The summed E-state index contributed by atoms with van der Waals surface area (Å²) in [6.07, 6.45) is 5.37. The average Bonchev–Trinajstić information content (AvgIpc) is 3.22. The second-order valence-electron chi connectivity index (χ2n) is 5.77. The lowest BCUT2D eigenvalue weighted by atomic mass is 10.2. The Morgan fingerprint density at radius 1 is 1.12 bits per heavy atom. The fourth-order valence-corrected chi connectivity index (χ4v) is 5.65. The van der Waals surface area contributed by atoms with E-state index in [1.54, 1.807) is 46.3 Å². The van der Waals surface area contributed by atoms with Crippen LogP contribution >= 0.6 is 23.1 Å². The Kier molecular flexibility index (Phi) is 6.18. The van der Waals surface area contributed by atoms with Crippen molar-refractivity contribution in [3.8, 4) is 0 Å². The van der Waals surface area contributed by atoms with Crippen molar-refractivity contribution in [3.05, 3.63) is 53.4 Å². The third-order valence-corrected chi connectivity index (χ3v) is 8.19. The predicted molar refractivity (Wildman–Crippen MR) is 107 cm³/mol. The predicted octanol–water partition coefficient (Wildman–Crippen LogP) is 3.02. The molecule has 1 amide bonds. The minimum absolute atomic E-state index is 0.0906. The minimum Gasteiger partial charge on any atom is -0.337 e. The van der Waals surface area contributed by atoms with Crippen LogP contribution in [0.15, 0.2) is 57.0 Å². The van der Waals surface area contributed by atoms with E-state index in [1.807, 2.05) is 30.5 Å². The summed E-state index contributed by atoms with van der Waals surface area (Å²) in [6.45, 7) is 1.45. The minimum atomic E-state index is -3.44. The molecule has 1 aromatic carbocycles. The highest BCUT2D eigenvalue weighted by Gasteiger charge is 2.30. The van der Waals surface area contributed by atoms with Gasteiger partial charge in [0.2, 0.25) is 5.91 Å². The van der Waals surface area contributed by atoms with Crippen LogP contribution in [0.4, 0.5) is 0 Å². The summed E-state index contributed by atoms with van der Waals surface area (Å²) in [4.78, 5) is 15.2. The van der Waals surface area contributed by atoms with Crippen molar-refractivity contribution in [2.45, 2.75) is 9.10 Å². The largest absolute Gasteiger partial charge is 0.337 e. The van der Waals surface area contributed by atoms with E-state index in [9.17, 15) is 13.2 Å². The first kappa shape index (κ1) is 19.2. The van der Waals surface area contributed by atoms with Gasteiger partial charge in [0.15, 0.2) is 0 Å². The van der Waals surface area contributed by atoms with Crippen molar-refractivity contribution in [3.63, 3.8) is 0 Å². The lowest BCUT2D eigenvalue weighted by molar-refractivity contribution is -0.127. The number of sulfonamides is 1. The smallest absolute Gasteiger partial charge is 0.252 e. The zero-order valence-corrected chi connectivity index (χ0v) is 16.8. The Morgan fingerprint density at radius 2 is 1.81 bits per heavy atom. The first-order chi connectivity index (χ1) is 12.5. The normalized spacial score (nSPS) is 16.3. The molecule has 1 aliphatic heterocycles. The van der Waals surface area contributed by atoms with Crippen molar-refractivity contribution < 1.29 is 13.2 Å². The van der Waals surface area contributed by atoms with Crippen LogP contribution in [0, 0.1) is 0 Å². The maximum absolute atomic E-state index is 12.5. The van der Waals surface area contributed by atoms with E-state index in [4.69, 9.17) is 0 Å². The van der Waals surface area contributed by atoms with Crippen molar-refractivity contribution >= 4 is 45.1 Å². The van der Waals surface area contributed by atoms with Gasteiger partial charge >= 0.3 is 0 Å². The van der Waals surface area contributed by atoms with Gasteiger partial charge in [0.05, 0.1) is 0 Å².